The Morgan fingerprint density at radius 2 is 1.71 bits per heavy atom. The van der Waals surface area contributed by atoms with Crippen LogP contribution in [0.15, 0.2) is 60.7 Å². The molecule has 3 N–H and O–H groups in total. The summed E-state index contributed by atoms with van der Waals surface area (Å²) in [5, 5.41) is 17.3. The molecule has 9 heteroatoms. The summed E-state index contributed by atoms with van der Waals surface area (Å²) < 4.78 is 29.0. The molecule has 0 aromatic heterocycles. The Labute approximate surface area is 268 Å². The van der Waals surface area contributed by atoms with Gasteiger partial charge in [0.15, 0.2) is 0 Å². The largest absolute Gasteiger partial charge is 0.390 e. The molecule has 228 valence electrons. The van der Waals surface area contributed by atoms with Gasteiger partial charge in [0.1, 0.15) is 11.6 Å². The molecular weight excluding hydrogens is 671 g/mol. The minimum atomic E-state index is -0.991. The van der Waals surface area contributed by atoms with E-state index in [1.54, 1.807) is 0 Å². The SMILES string of the molecule is Cc1cc(CN(C)C2CCCCC2)cc(C(=O)N[C@@H](Cc2cc(F)cc(F)c2)[C@H](O)CNCc2cccc(I)c2)c1.Cl. The zero-order chi connectivity index (χ0) is 29.4. The number of aryl methyl sites for hydroxylation is 1. The van der Waals surface area contributed by atoms with E-state index in [-0.39, 0.29) is 31.3 Å². The maximum absolute atomic E-state index is 14.0. The van der Waals surface area contributed by atoms with Crippen molar-refractivity contribution < 1.29 is 18.7 Å². The zero-order valence-corrected chi connectivity index (χ0v) is 27.2. The van der Waals surface area contributed by atoms with Crippen molar-refractivity contribution in [2.24, 2.45) is 0 Å². The number of nitrogens with zero attached hydrogens (tertiary/aromatic N) is 1. The maximum Gasteiger partial charge on any atom is 0.251 e. The lowest BCUT2D eigenvalue weighted by atomic mass is 9.94. The van der Waals surface area contributed by atoms with Gasteiger partial charge in [0.2, 0.25) is 0 Å². The average Bonchev–Trinajstić information content (AvgIpc) is 2.92. The van der Waals surface area contributed by atoms with Gasteiger partial charge in [-0.2, -0.15) is 0 Å². The molecule has 0 radical (unpaired) electrons. The van der Waals surface area contributed by atoms with Crippen molar-refractivity contribution in [2.45, 2.75) is 76.7 Å². The van der Waals surface area contributed by atoms with Crippen LogP contribution >= 0.6 is 35.0 Å². The van der Waals surface area contributed by atoms with Crippen molar-refractivity contribution in [1.29, 1.82) is 0 Å². The molecule has 1 aliphatic rings. The van der Waals surface area contributed by atoms with E-state index in [2.05, 4.69) is 57.3 Å². The summed E-state index contributed by atoms with van der Waals surface area (Å²) in [5.41, 5.74) is 3.98. The topological polar surface area (TPSA) is 64.6 Å². The average molecular weight is 712 g/mol. The van der Waals surface area contributed by atoms with Crippen LogP contribution in [0.3, 0.4) is 0 Å². The van der Waals surface area contributed by atoms with Gasteiger partial charge >= 0.3 is 0 Å². The zero-order valence-electron chi connectivity index (χ0n) is 24.2. The predicted molar refractivity (Wildman–Crippen MR) is 175 cm³/mol. The number of hydrogen-bond donors (Lipinski definition) is 3. The molecular formula is C33H41ClF2IN3O2. The van der Waals surface area contributed by atoms with Crippen LogP contribution in [0.1, 0.15) is 64.7 Å². The summed E-state index contributed by atoms with van der Waals surface area (Å²) in [6.45, 7) is 3.46. The Kier molecular flexibility index (Phi) is 13.6. The lowest BCUT2D eigenvalue weighted by Crippen LogP contribution is -2.48. The highest BCUT2D eigenvalue weighted by Crippen LogP contribution is 2.23. The fourth-order valence-corrected chi connectivity index (χ4v) is 6.30. The minimum absolute atomic E-state index is 0. The summed E-state index contributed by atoms with van der Waals surface area (Å²) in [7, 11) is 2.14. The summed E-state index contributed by atoms with van der Waals surface area (Å²) in [4.78, 5) is 15.9. The Morgan fingerprint density at radius 3 is 2.40 bits per heavy atom. The van der Waals surface area contributed by atoms with Crippen LogP contribution in [0, 0.1) is 22.1 Å². The fourth-order valence-electron chi connectivity index (χ4n) is 5.70. The van der Waals surface area contributed by atoms with Gasteiger partial charge in [0.05, 0.1) is 12.1 Å². The van der Waals surface area contributed by atoms with Crippen LogP contribution in [-0.2, 0) is 19.5 Å². The third-order valence-electron chi connectivity index (χ3n) is 7.76. The molecule has 4 rings (SSSR count). The number of benzene rings is 3. The predicted octanol–water partition coefficient (Wildman–Crippen LogP) is 6.56. The van der Waals surface area contributed by atoms with E-state index in [9.17, 15) is 18.7 Å². The molecule has 1 amide bonds. The molecule has 0 unspecified atom stereocenters. The summed E-state index contributed by atoms with van der Waals surface area (Å²) in [6, 6.07) is 16.9. The molecule has 1 aliphatic carbocycles. The second kappa shape index (κ2) is 16.7. The molecule has 2 atom stereocenters. The molecule has 0 spiro atoms. The summed E-state index contributed by atoms with van der Waals surface area (Å²) in [6.07, 6.45) is 5.31. The molecule has 0 bridgehead atoms. The van der Waals surface area contributed by atoms with Crippen molar-refractivity contribution in [3.63, 3.8) is 0 Å². The van der Waals surface area contributed by atoms with E-state index in [1.165, 1.54) is 44.2 Å². The molecule has 3 aromatic rings. The van der Waals surface area contributed by atoms with Gasteiger partial charge in [-0.25, -0.2) is 8.78 Å². The highest BCUT2D eigenvalue weighted by atomic mass is 127. The van der Waals surface area contributed by atoms with E-state index in [1.807, 2.05) is 37.3 Å². The number of aliphatic hydroxyl groups is 1. The number of amides is 1. The number of halogens is 4. The van der Waals surface area contributed by atoms with Gasteiger partial charge < -0.3 is 15.7 Å². The second-order valence-corrected chi connectivity index (χ2v) is 12.5. The number of nitrogens with one attached hydrogen (secondary N) is 2. The van der Waals surface area contributed by atoms with Gasteiger partial charge in [-0.15, -0.1) is 12.4 Å². The normalized spacial score (nSPS) is 15.2. The first-order valence-electron chi connectivity index (χ1n) is 14.4. The van der Waals surface area contributed by atoms with Gasteiger partial charge in [-0.3, -0.25) is 9.69 Å². The standard InChI is InChI=1S/C33H40F2IN3O2.ClH/c1-22-11-25(21-39(2)30-9-4-3-5-10-30)13-26(12-22)33(41)38-31(17-24-14-27(34)18-28(35)15-24)32(40)20-37-19-23-7-6-8-29(36)16-23;/h6-8,11-16,18,30-32,37,40H,3-5,9-10,17,19-21H2,1-2H3,(H,38,41);1H/t31-,32+;/m0./s1. The Bertz CT molecular complexity index is 1300. The molecule has 1 saturated carbocycles. The van der Waals surface area contributed by atoms with Crippen molar-refractivity contribution in [2.75, 3.05) is 13.6 Å². The van der Waals surface area contributed by atoms with Crippen LogP contribution < -0.4 is 10.6 Å². The lowest BCUT2D eigenvalue weighted by molar-refractivity contribution is 0.0829. The molecule has 0 heterocycles. The number of hydrogen-bond acceptors (Lipinski definition) is 4. The quantitative estimate of drug-likeness (QED) is 0.187. The summed E-state index contributed by atoms with van der Waals surface area (Å²) >= 11 is 2.25. The van der Waals surface area contributed by atoms with E-state index < -0.39 is 23.8 Å². The first kappa shape index (κ1) is 34.4. The van der Waals surface area contributed by atoms with Crippen LogP contribution in [0.4, 0.5) is 8.78 Å². The summed E-state index contributed by atoms with van der Waals surface area (Å²) in [5.74, 6) is -1.71. The smallest absolute Gasteiger partial charge is 0.251 e. The maximum atomic E-state index is 14.0. The molecule has 5 nitrogen and oxygen atoms in total. The van der Waals surface area contributed by atoms with E-state index in [0.29, 0.717) is 23.7 Å². The Hall–Kier alpha value is -2.11. The molecule has 1 fully saturated rings. The van der Waals surface area contributed by atoms with E-state index >= 15 is 0 Å². The fraction of sp³-hybridized carbons (Fsp3) is 0.424. The Balaban J connectivity index is 0.00000484. The monoisotopic (exact) mass is 711 g/mol. The van der Waals surface area contributed by atoms with Crippen molar-refractivity contribution in [1.82, 2.24) is 15.5 Å². The molecule has 0 aliphatic heterocycles. The van der Waals surface area contributed by atoms with Crippen molar-refractivity contribution in [3.8, 4) is 0 Å². The van der Waals surface area contributed by atoms with Gasteiger partial charge in [-0.1, -0.05) is 43.0 Å². The highest BCUT2D eigenvalue weighted by molar-refractivity contribution is 14.1. The van der Waals surface area contributed by atoms with Crippen molar-refractivity contribution >= 4 is 40.9 Å². The first-order chi connectivity index (χ1) is 19.7. The molecule has 42 heavy (non-hydrogen) atoms. The van der Waals surface area contributed by atoms with Gasteiger partial charge in [-0.05, 0) is 109 Å². The van der Waals surface area contributed by atoms with Crippen molar-refractivity contribution in [3.05, 3.63) is 104 Å². The van der Waals surface area contributed by atoms with Gasteiger partial charge in [0.25, 0.3) is 5.91 Å². The van der Waals surface area contributed by atoms with Crippen LogP contribution in [0.5, 0.6) is 0 Å². The van der Waals surface area contributed by atoms with Crippen LogP contribution in [-0.4, -0.2) is 47.7 Å². The minimum Gasteiger partial charge on any atom is -0.390 e. The van der Waals surface area contributed by atoms with E-state index in [4.69, 9.17) is 0 Å². The molecule has 3 aromatic carbocycles. The second-order valence-electron chi connectivity index (χ2n) is 11.3. The lowest BCUT2D eigenvalue weighted by Gasteiger charge is -2.31. The Morgan fingerprint density at radius 1 is 1.00 bits per heavy atom. The van der Waals surface area contributed by atoms with E-state index in [0.717, 1.165) is 32.9 Å². The first-order valence-corrected chi connectivity index (χ1v) is 15.4. The number of carbonyl (C=O) groups is 1. The third-order valence-corrected chi connectivity index (χ3v) is 8.43. The van der Waals surface area contributed by atoms with Crippen LogP contribution in [0.25, 0.3) is 0 Å². The third kappa shape index (κ3) is 10.6. The molecule has 0 saturated heterocycles. The van der Waals surface area contributed by atoms with Crippen LogP contribution in [0.2, 0.25) is 0 Å². The number of aliphatic hydroxyl groups excluding tert-OH is 1. The van der Waals surface area contributed by atoms with Gasteiger partial charge in [0, 0.05) is 40.9 Å². The highest BCUT2D eigenvalue weighted by Gasteiger charge is 2.24. The number of carbonyl (C=O) groups excluding carboxylic acids is 1. The number of rotatable bonds is 12.